The van der Waals surface area contributed by atoms with Crippen LogP contribution in [-0.2, 0) is 47.5 Å². The van der Waals surface area contributed by atoms with Crippen LogP contribution < -0.4 is 0 Å². The van der Waals surface area contributed by atoms with Gasteiger partial charge in [0, 0.05) is 50.2 Å². The van der Waals surface area contributed by atoms with Gasteiger partial charge in [-0.2, -0.15) is 0 Å². The third kappa shape index (κ3) is 8.64. The summed E-state index contributed by atoms with van der Waals surface area (Å²) in [6.45, 7) is 8.10. The highest BCUT2D eigenvalue weighted by molar-refractivity contribution is 6.30. The van der Waals surface area contributed by atoms with Crippen LogP contribution in [0.3, 0.4) is 0 Å². The molecule has 17 atom stereocenters. The molecule has 0 amide bonds. The predicted octanol–water partition coefficient (Wildman–Crippen LogP) is 6.05. The van der Waals surface area contributed by atoms with Crippen LogP contribution in [-0.4, -0.2) is 120 Å². The molecule has 300 valence electrons. The summed E-state index contributed by atoms with van der Waals surface area (Å²) in [5.41, 5.74) is 0.709. The standard InChI is InChI=1S/C41H64ClNO10/c1-10-24-12-11-13-34(53-36-15-14-33(43(5)6)22(3)49-36)21(2)37(45)31-18-27-26-16-25(17-30(26)32(42)19-28(27)29(31)20-35(44)51-24)52-41-40(48-9)39(47-8)38(46-7)23(4)50-41/h18-19,21-30,33-34,36,38-41H,10-17,20H2,1-9H3/t21-,22?,23?,24+,25+,26+,27+,28?,29+,30?,33+,34+,36+,38+,39?,40?,41+/m1/s1. The first-order valence-corrected chi connectivity index (χ1v) is 20.5. The highest BCUT2D eigenvalue weighted by Gasteiger charge is 2.54. The van der Waals surface area contributed by atoms with Gasteiger partial charge in [0.25, 0.3) is 0 Å². The van der Waals surface area contributed by atoms with Crippen LogP contribution in [0.25, 0.3) is 0 Å². The minimum atomic E-state index is -0.641. The van der Waals surface area contributed by atoms with E-state index in [2.05, 4.69) is 45.0 Å². The molecule has 0 bridgehead atoms. The summed E-state index contributed by atoms with van der Waals surface area (Å²) in [5.74, 6) is -0.777. The molecule has 11 nitrogen and oxygen atoms in total. The molecular weight excluding hydrogens is 702 g/mol. The molecule has 6 unspecified atom stereocenters. The van der Waals surface area contributed by atoms with E-state index in [1.165, 1.54) is 0 Å². The van der Waals surface area contributed by atoms with E-state index in [4.69, 9.17) is 49.5 Å². The Kier molecular flexibility index (Phi) is 13.9. The lowest BCUT2D eigenvalue weighted by Crippen LogP contribution is -2.59. The quantitative estimate of drug-likeness (QED) is 0.256. The van der Waals surface area contributed by atoms with Crippen LogP contribution in [0.2, 0.25) is 0 Å². The number of cyclic esters (lactones) is 1. The molecule has 0 aromatic rings. The lowest BCUT2D eigenvalue weighted by Gasteiger charge is -2.44. The first-order valence-electron chi connectivity index (χ1n) is 20.1. The van der Waals surface area contributed by atoms with Crippen LogP contribution in [0, 0.1) is 35.5 Å². The van der Waals surface area contributed by atoms with Crippen molar-refractivity contribution in [1.29, 1.82) is 0 Å². The Morgan fingerprint density at radius 2 is 1.57 bits per heavy atom. The highest BCUT2D eigenvalue weighted by Crippen LogP contribution is 2.57. The van der Waals surface area contributed by atoms with Gasteiger partial charge >= 0.3 is 5.97 Å². The number of carbonyl (C=O) groups is 2. The first kappa shape index (κ1) is 41.2. The van der Waals surface area contributed by atoms with Crippen molar-refractivity contribution < 1.29 is 47.5 Å². The Bertz CT molecular complexity index is 1340. The number of allylic oxidation sites excluding steroid dienone is 4. The molecule has 0 N–H and O–H groups in total. The molecule has 53 heavy (non-hydrogen) atoms. The number of carbonyl (C=O) groups excluding carboxylic acids is 2. The fourth-order valence-electron chi connectivity index (χ4n) is 10.4. The Labute approximate surface area is 321 Å². The van der Waals surface area contributed by atoms with Crippen LogP contribution in [0.15, 0.2) is 22.8 Å². The Morgan fingerprint density at radius 1 is 0.830 bits per heavy atom. The zero-order valence-corrected chi connectivity index (χ0v) is 34.0. The minimum Gasteiger partial charge on any atom is -0.462 e. The van der Waals surface area contributed by atoms with Gasteiger partial charge in [-0.15, -0.1) is 0 Å². The number of nitrogens with zero attached hydrogens (tertiary/aromatic N) is 1. The van der Waals surface area contributed by atoms with E-state index in [0.717, 1.165) is 50.0 Å². The monoisotopic (exact) mass is 765 g/mol. The number of hydrogen-bond donors (Lipinski definition) is 0. The molecule has 6 aliphatic rings. The minimum absolute atomic E-state index is 0.0239. The molecule has 3 aliphatic heterocycles. The van der Waals surface area contributed by atoms with Gasteiger partial charge in [0.15, 0.2) is 18.4 Å². The molecule has 3 aliphatic carbocycles. The molecule has 3 saturated heterocycles. The predicted molar refractivity (Wildman–Crippen MR) is 199 cm³/mol. The van der Waals surface area contributed by atoms with E-state index < -0.39 is 18.3 Å². The fourth-order valence-corrected chi connectivity index (χ4v) is 10.8. The summed E-state index contributed by atoms with van der Waals surface area (Å²) >= 11 is 7.14. The van der Waals surface area contributed by atoms with Gasteiger partial charge in [0.2, 0.25) is 0 Å². The van der Waals surface area contributed by atoms with E-state index in [1.807, 2.05) is 13.8 Å². The van der Waals surface area contributed by atoms with Gasteiger partial charge in [-0.3, -0.25) is 9.59 Å². The molecule has 6 rings (SSSR count). The van der Waals surface area contributed by atoms with Gasteiger partial charge in [0.1, 0.15) is 24.4 Å². The lowest BCUT2D eigenvalue weighted by molar-refractivity contribution is -0.314. The Morgan fingerprint density at radius 3 is 2.23 bits per heavy atom. The number of esters is 1. The van der Waals surface area contributed by atoms with E-state index >= 15 is 0 Å². The summed E-state index contributed by atoms with van der Waals surface area (Å²) in [5, 5.41) is 0.777. The van der Waals surface area contributed by atoms with Crippen molar-refractivity contribution in [3.63, 3.8) is 0 Å². The summed E-state index contributed by atoms with van der Waals surface area (Å²) in [4.78, 5) is 30.5. The zero-order chi connectivity index (χ0) is 38.1. The second-order valence-corrected chi connectivity index (χ2v) is 17.0. The van der Waals surface area contributed by atoms with Gasteiger partial charge in [-0.25, -0.2) is 0 Å². The summed E-state index contributed by atoms with van der Waals surface area (Å²) in [6.07, 6.45) is 7.58. The maximum absolute atomic E-state index is 14.7. The van der Waals surface area contributed by atoms with Crippen molar-refractivity contribution in [3.8, 4) is 0 Å². The third-order valence-corrected chi connectivity index (χ3v) is 13.7. The fraction of sp³-hybridized carbons (Fsp3) is 0.854. The number of likely N-dealkylation sites (N-methyl/N-ethyl adjacent to an activating group) is 1. The molecule has 0 radical (unpaired) electrons. The highest BCUT2D eigenvalue weighted by atomic mass is 35.5. The molecule has 12 heteroatoms. The largest absolute Gasteiger partial charge is 0.462 e. The number of ether oxygens (including phenoxy) is 8. The normalized spacial score (nSPS) is 45.3. The first-order chi connectivity index (χ1) is 25.4. The van der Waals surface area contributed by atoms with E-state index in [9.17, 15) is 9.59 Å². The number of ketones is 1. The van der Waals surface area contributed by atoms with Gasteiger partial charge in [-0.05, 0) is 103 Å². The van der Waals surface area contributed by atoms with Crippen molar-refractivity contribution in [1.82, 2.24) is 4.90 Å². The SMILES string of the molecule is CC[C@H]1CCC[C@H](O[C@H]2CC[C@H](N(C)C)C(C)O2)[C@@H](C)C(=O)C2=C[C@@H]3C(C=C(Cl)C4C[C@@H](O[C@@H]5OC(C)[C@H](OC)C(OC)C5OC)C[C@H]43)[C@@H]2CC(=O)O1. The van der Waals surface area contributed by atoms with Crippen LogP contribution in [0.5, 0.6) is 0 Å². The number of hydrogen-bond acceptors (Lipinski definition) is 11. The van der Waals surface area contributed by atoms with Crippen molar-refractivity contribution in [3.05, 3.63) is 22.8 Å². The second kappa shape index (κ2) is 17.8. The average Bonchev–Trinajstić information content (AvgIpc) is 3.71. The van der Waals surface area contributed by atoms with E-state index in [0.29, 0.717) is 18.0 Å². The number of methoxy groups -OCH3 is 3. The zero-order valence-electron chi connectivity index (χ0n) is 33.2. The number of Topliss-reactive ketones (excluding diaryl/α,β-unsaturated/α-hetero) is 1. The summed E-state index contributed by atoms with van der Waals surface area (Å²) in [6, 6.07) is 0.327. The number of fused-ring (bicyclic) bond motifs is 5. The number of rotatable bonds is 9. The van der Waals surface area contributed by atoms with Gasteiger partial charge < -0.3 is 42.8 Å². The van der Waals surface area contributed by atoms with Gasteiger partial charge in [0.05, 0.1) is 30.8 Å². The molecule has 4 fully saturated rings. The summed E-state index contributed by atoms with van der Waals surface area (Å²) in [7, 11) is 9.09. The topological polar surface area (TPSA) is 111 Å². The Hall–Kier alpha value is -1.41. The summed E-state index contributed by atoms with van der Waals surface area (Å²) < 4.78 is 49.5. The van der Waals surface area contributed by atoms with Crippen molar-refractivity contribution >= 4 is 23.4 Å². The van der Waals surface area contributed by atoms with Gasteiger partial charge in [-0.1, -0.05) is 37.6 Å². The average molecular weight is 766 g/mol. The third-order valence-electron chi connectivity index (χ3n) is 13.3. The van der Waals surface area contributed by atoms with Crippen LogP contribution in [0.4, 0.5) is 0 Å². The van der Waals surface area contributed by atoms with E-state index in [1.54, 1.807) is 21.3 Å². The van der Waals surface area contributed by atoms with Crippen molar-refractivity contribution in [2.24, 2.45) is 35.5 Å². The van der Waals surface area contributed by atoms with Crippen LogP contribution >= 0.6 is 11.6 Å². The maximum Gasteiger partial charge on any atom is 0.306 e. The second-order valence-electron chi connectivity index (χ2n) is 16.6. The van der Waals surface area contributed by atoms with E-state index in [-0.39, 0.29) is 96.8 Å². The Balaban J connectivity index is 1.23. The molecular formula is C41H64ClNO10. The number of halogens is 1. The molecule has 1 saturated carbocycles. The molecule has 3 heterocycles. The molecule has 0 aromatic carbocycles. The lowest BCUT2D eigenvalue weighted by atomic mass is 9.70. The molecule has 0 aromatic heterocycles. The smallest absolute Gasteiger partial charge is 0.306 e. The van der Waals surface area contributed by atoms with Crippen LogP contribution in [0.1, 0.15) is 85.5 Å². The molecule has 0 spiro atoms. The van der Waals surface area contributed by atoms with Crippen molar-refractivity contribution in [2.45, 2.75) is 153 Å². The maximum atomic E-state index is 14.7. The van der Waals surface area contributed by atoms with Crippen molar-refractivity contribution in [2.75, 3.05) is 35.4 Å².